The van der Waals surface area contributed by atoms with Crippen LogP contribution in [-0.4, -0.2) is 4.57 Å². The molecule has 2 nitrogen and oxygen atoms in total. The van der Waals surface area contributed by atoms with Crippen LogP contribution in [0.15, 0.2) is 243 Å². The van der Waals surface area contributed by atoms with Crippen LogP contribution in [0.4, 0.5) is 17.1 Å². The predicted octanol–water partition coefficient (Wildman–Crippen LogP) is 16.1. The van der Waals surface area contributed by atoms with Crippen LogP contribution in [0.25, 0.3) is 82.8 Å². The van der Waals surface area contributed by atoms with Gasteiger partial charge in [-0.1, -0.05) is 200 Å². The van der Waals surface area contributed by atoms with Gasteiger partial charge in [-0.3, -0.25) is 0 Å². The quantitative estimate of drug-likeness (QED) is 0.150. The molecule has 11 aromatic rings. The summed E-state index contributed by atoms with van der Waals surface area (Å²) < 4.78 is 2.48. The average molecular weight is 765 g/mol. The molecule has 1 aromatic heterocycles. The molecule has 0 atom stereocenters. The summed E-state index contributed by atoms with van der Waals surface area (Å²) in [6, 6.07) is 87.9. The van der Waals surface area contributed by atoms with E-state index >= 15 is 0 Å². The molecule has 0 N–H and O–H groups in total. The third-order valence-electron chi connectivity index (χ3n) is 11.8. The van der Waals surface area contributed by atoms with Gasteiger partial charge in [0.2, 0.25) is 0 Å². The van der Waals surface area contributed by atoms with Crippen LogP contribution in [0.1, 0.15) is 0 Å². The maximum atomic E-state index is 2.48. The molecule has 0 aliphatic heterocycles. The van der Waals surface area contributed by atoms with Crippen LogP contribution in [0.5, 0.6) is 0 Å². The minimum Gasteiger partial charge on any atom is -0.310 e. The summed E-state index contributed by atoms with van der Waals surface area (Å²) in [7, 11) is 0. The lowest BCUT2D eigenvalue weighted by Crippen LogP contribution is -2.11. The van der Waals surface area contributed by atoms with Crippen molar-refractivity contribution in [3.05, 3.63) is 243 Å². The molecule has 282 valence electrons. The second kappa shape index (κ2) is 15.1. The Kier molecular flexibility index (Phi) is 8.87. The van der Waals surface area contributed by atoms with E-state index in [9.17, 15) is 0 Å². The van der Waals surface area contributed by atoms with E-state index in [1.54, 1.807) is 0 Å². The molecule has 0 saturated heterocycles. The summed E-state index contributed by atoms with van der Waals surface area (Å²) in [6.07, 6.45) is 0. The number of hydrogen-bond acceptors (Lipinski definition) is 1. The highest BCUT2D eigenvalue weighted by atomic mass is 15.1. The Morgan fingerprint density at radius 2 is 0.817 bits per heavy atom. The van der Waals surface area contributed by atoms with Gasteiger partial charge in [0.05, 0.1) is 22.4 Å². The Hall–Kier alpha value is -7.94. The van der Waals surface area contributed by atoms with E-state index in [-0.39, 0.29) is 0 Å². The Bertz CT molecular complexity index is 3280. The third-order valence-corrected chi connectivity index (χ3v) is 11.8. The smallest absolute Gasteiger partial charge is 0.0562 e. The SMILES string of the molecule is c1ccc(-c2ccc(-c3ccc(N(c4ccccc4)c4ccc5c6ccccc6n(-c6cccc(-c7ccccc7)c6-c6ccccc6)c5c4)c4ccccc34)cc2)cc1. The molecule has 0 radical (unpaired) electrons. The highest BCUT2D eigenvalue weighted by molar-refractivity contribution is 6.12. The second-order valence-electron chi connectivity index (χ2n) is 15.3. The maximum Gasteiger partial charge on any atom is 0.0562 e. The summed E-state index contributed by atoms with van der Waals surface area (Å²) in [5.41, 5.74) is 16.4. The van der Waals surface area contributed by atoms with Crippen LogP contribution in [0, 0.1) is 0 Å². The second-order valence-corrected chi connectivity index (χ2v) is 15.3. The highest BCUT2D eigenvalue weighted by Crippen LogP contribution is 2.46. The number of fused-ring (bicyclic) bond motifs is 4. The van der Waals surface area contributed by atoms with E-state index in [2.05, 4.69) is 252 Å². The van der Waals surface area contributed by atoms with Gasteiger partial charge in [-0.25, -0.2) is 0 Å². The molecule has 0 aliphatic carbocycles. The fourth-order valence-corrected chi connectivity index (χ4v) is 9.06. The van der Waals surface area contributed by atoms with E-state index in [0.717, 1.165) is 28.3 Å². The van der Waals surface area contributed by atoms with Gasteiger partial charge < -0.3 is 9.47 Å². The zero-order valence-corrected chi connectivity index (χ0v) is 33.0. The van der Waals surface area contributed by atoms with E-state index in [0.29, 0.717) is 0 Å². The van der Waals surface area contributed by atoms with Crippen LogP contribution in [0.2, 0.25) is 0 Å². The monoisotopic (exact) mass is 764 g/mol. The van der Waals surface area contributed by atoms with Crippen molar-refractivity contribution in [2.75, 3.05) is 4.90 Å². The lowest BCUT2D eigenvalue weighted by Gasteiger charge is -2.28. The molecule has 11 rings (SSSR count). The molecule has 2 heteroatoms. The molecule has 10 aromatic carbocycles. The minimum absolute atomic E-state index is 1.09. The van der Waals surface area contributed by atoms with Crippen molar-refractivity contribution in [2.45, 2.75) is 0 Å². The number of nitrogens with zero attached hydrogens (tertiary/aromatic N) is 2. The van der Waals surface area contributed by atoms with Gasteiger partial charge in [0.15, 0.2) is 0 Å². The Balaban J connectivity index is 1.13. The van der Waals surface area contributed by atoms with Gasteiger partial charge in [0.1, 0.15) is 0 Å². The van der Waals surface area contributed by atoms with Crippen molar-refractivity contribution in [2.24, 2.45) is 0 Å². The van der Waals surface area contributed by atoms with E-state index in [1.165, 1.54) is 71.6 Å². The number of aromatic nitrogens is 1. The molecule has 60 heavy (non-hydrogen) atoms. The Labute approximate surface area is 350 Å². The largest absolute Gasteiger partial charge is 0.310 e. The van der Waals surface area contributed by atoms with Gasteiger partial charge in [-0.05, 0) is 86.8 Å². The zero-order chi connectivity index (χ0) is 39.8. The summed E-state index contributed by atoms with van der Waals surface area (Å²) in [5.74, 6) is 0. The van der Waals surface area contributed by atoms with E-state index < -0.39 is 0 Å². The number of rotatable bonds is 8. The van der Waals surface area contributed by atoms with Crippen molar-refractivity contribution in [1.82, 2.24) is 4.57 Å². The Morgan fingerprint density at radius 3 is 1.53 bits per heavy atom. The summed E-state index contributed by atoms with van der Waals surface area (Å²) >= 11 is 0. The van der Waals surface area contributed by atoms with Crippen molar-refractivity contribution >= 4 is 49.6 Å². The van der Waals surface area contributed by atoms with Crippen LogP contribution >= 0.6 is 0 Å². The number of hydrogen-bond donors (Lipinski definition) is 0. The van der Waals surface area contributed by atoms with Crippen molar-refractivity contribution in [1.29, 1.82) is 0 Å². The average Bonchev–Trinajstić information content (AvgIpc) is 3.66. The van der Waals surface area contributed by atoms with Gasteiger partial charge >= 0.3 is 0 Å². The van der Waals surface area contributed by atoms with Crippen molar-refractivity contribution in [3.8, 4) is 50.2 Å². The first kappa shape index (κ1) is 35.2. The molecule has 0 fully saturated rings. The molecular weight excluding hydrogens is 725 g/mol. The van der Waals surface area contributed by atoms with E-state index in [1.807, 2.05) is 0 Å². The summed E-state index contributed by atoms with van der Waals surface area (Å²) in [6.45, 7) is 0. The van der Waals surface area contributed by atoms with Gasteiger partial charge in [-0.15, -0.1) is 0 Å². The van der Waals surface area contributed by atoms with Gasteiger partial charge in [0.25, 0.3) is 0 Å². The molecule has 0 bridgehead atoms. The zero-order valence-electron chi connectivity index (χ0n) is 33.0. The lowest BCUT2D eigenvalue weighted by atomic mass is 9.93. The highest BCUT2D eigenvalue weighted by Gasteiger charge is 2.22. The molecular formula is C58H40N2. The normalized spacial score (nSPS) is 11.3. The van der Waals surface area contributed by atoms with Gasteiger partial charge in [0, 0.05) is 33.1 Å². The van der Waals surface area contributed by atoms with Crippen LogP contribution in [-0.2, 0) is 0 Å². The Morgan fingerprint density at radius 1 is 0.283 bits per heavy atom. The van der Waals surface area contributed by atoms with Crippen molar-refractivity contribution < 1.29 is 0 Å². The molecule has 1 heterocycles. The number of benzene rings is 10. The molecule has 0 spiro atoms. The van der Waals surface area contributed by atoms with Crippen molar-refractivity contribution in [3.63, 3.8) is 0 Å². The summed E-state index contributed by atoms with van der Waals surface area (Å²) in [4.78, 5) is 2.42. The first-order chi connectivity index (χ1) is 29.8. The lowest BCUT2D eigenvalue weighted by molar-refractivity contribution is 1.18. The first-order valence-corrected chi connectivity index (χ1v) is 20.6. The standard InChI is InChI=1S/C58H40N2/c1-5-18-41(19-6-1)42-32-34-44(35-33-42)48-38-39-55(51-27-14-13-26-50(48)51)59(46-24-11-4-12-25-46)47-36-37-53-52-28-15-16-30-54(52)60(57(53)40-47)56-31-17-29-49(43-20-7-2-8-21-43)58(56)45-22-9-3-10-23-45/h1-40H. The predicted molar refractivity (Wildman–Crippen MR) is 255 cm³/mol. The van der Waals surface area contributed by atoms with Crippen LogP contribution < -0.4 is 4.90 Å². The molecule has 0 unspecified atom stereocenters. The van der Waals surface area contributed by atoms with Crippen LogP contribution in [0.3, 0.4) is 0 Å². The fourth-order valence-electron chi connectivity index (χ4n) is 9.06. The topological polar surface area (TPSA) is 8.17 Å². The molecule has 0 amide bonds. The first-order valence-electron chi connectivity index (χ1n) is 20.6. The number of para-hydroxylation sites is 2. The summed E-state index contributed by atoms with van der Waals surface area (Å²) in [5, 5.41) is 4.84. The fraction of sp³-hybridized carbons (Fsp3) is 0. The maximum absolute atomic E-state index is 2.48. The minimum atomic E-state index is 1.09. The van der Waals surface area contributed by atoms with Gasteiger partial charge in [-0.2, -0.15) is 0 Å². The molecule has 0 saturated carbocycles. The number of anilines is 3. The van der Waals surface area contributed by atoms with E-state index in [4.69, 9.17) is 0 Å². The third kappa shape index (κ3) is 6.14. The molecule has 0 aliphatic rings.